The Labute approximate surface area is 81.5 Å². The molecule has 0 aliphatic carbocycles. The Morgan fingerprint density at radius 1 is 1.62 bits per heavy atom. The van der Waals surface area contributed by atoms with E-state index in [9.17, 15) is 0 Å². The minimum Gasteiger partial charge on any atom is -0.424 e. The van der Waals surface area contributed by atoms with Crippen molar-refractivity contribution in [2.75, 3.05) is 18.6 Å². The third-order valence-electron chi connectivity index (χ3n) is 2.09. The van der Waals surface area contributed by atoms with Gasteiger partial charge in [0.1, 0.15) is 0 Å². The average molecular weight is 199 g/mol. The van der Waals surface area contributed by atoms with Crippen molar-refractivity contribution >= 4 is 11.8 Å². The van der Waals surface area contributed by atoms with E-state index >= 15 is 0 Å². The van der Waals surface area contributed by atoms with Gasteiger partial charge in [-0.2, -0.15) is 11.8 Å². The molecule has 2 heterocycles. The lowest BCUT2D eigenvalue weighted by atomic mass is 10.1. The molecule has 2 rings (SSSR count). The van der Waals surface area contributed by atoms with E-state index in [4.69, 9.17) is 4.42 Å². The minimum atomic E-state index is 0.489. The Bertz CT molecular complexity index is 270. The van der Waals surface area contributed by atoms with Crippen molar-refractivity contribution in [1.82, 2.24) is 15.5 Å². The molecule has 1 N–H and O–H groups in total. The first kappa shape index (κ1) is 9.02. The molecule has 13 heavy (non-hydrogen) atoms. The Morgan fingerprint density at radius 2 is 2.54 bits per heavy atom. The predicted octanol–water partition coefficient (Wildman–Crippen LogP) is 1.01. The lowest BCUT2D eigenvalue weighted by Crippen LogP contribution is -2.04. The third kappa shape index (κ3) is 2.03. The van der Waals surface area contributed by atoms with Gasteiger partial charge in [0.2, 0.25) is 11.8 Å². The van der Waals surface area contributed by atoms with Gasteiger partial charge in [-0.25, -0.2) is 0 Å². The highest BCUT2D eigenvalue weighted by Gasteiger charge is 2.22. The van der Waals surface area contributed by atoms with Crippen LogP contribution in [0.25, 0.3) is 0 Å². The normalized spacial score (nSPS) is 22.4. The molecular formula is C8H13N3OS. The number of nitrogens with one attached hydrogen (secondary N) is 1. The first-order valence-electron chi connectivity index (χ1n) is 4.45. The monoisotopic (exact) mass is 199 g/mol. The number of thioether (sulfide) groups is 1. The van der Waals surface area contributed by atoms with E-state index in [0.717, 1.165) is 11.6 Å². The zero-order valence-corrected chi connectivity index (χ0v) is 8.43. The van der Waals surface area contributed by atoms with Gasteiger partial charge < -0.3 is 9.73 Å². The molecule has 0 spiro atoms. The van der Waals surface area contributed by atoms with Crippen LogP contribution in [0.4, 0.5) is 0 Å². The van der Waals surface area contributed by atoms with Gasteiger partial charge in [0.05, 0.1) is 6.54 Å². The number of hydrogen-bond acceptors (Lipinski definition) is 5. The second-order valence-corrected chi connectivity index (χ2v) is 4.27. The van der Waals surface area contributed by atoms with Gasteiger partial charge in [0, 0.05) is 11.7 Å². The van der Waals surface area contributed by atoms with Gasteiger partial charge in [0.15, 0.2) is 0 Å². The summed E-state index contributed by atoms with van der Waals surface area (Å²) in [5.41, 5.74) is 0. The van der Waals surface area contributed by atoms with E-state index in [0.29, 0.717) is 18.4 Å². The van der Waals surface area contributed by atoms with Crippen molar-refractivity contribution in [3.63, 3.8) is 0 Å². The highest BCUT2D eigenvalue weighted by atomic mass is 32.2. The fourth-order valence-corrected chi connectivity index (χ4v) is 2.60. The van der Waals surface area contributed by atoms with Crippen LogP contribution in [0.1, 0.15) is 24.1 Å². The van der Waals surface area contributed by atoms with Crippen LogP contribution in [0.5, 0.6) is 0 Å². The summed E-state index contributed by atoms with van der Waals surface area (Å²) in [4.78, 5) is 0. The lowest BCUT2D eigenvalue weighted by molar-refractivity contribution is 0.418. The number of rotatable bonds is 3. The molecule has 0 aromatic carbocycles. The molecule has 1 fully saturated rings. The van der Waals surface area contributed by atoms with Crippen LogP contribution in [-0.2, 0) is 6.54 Å². The number of aromatic nitrogens is 2. The van der Waals surface area contributed by atoms with Crippen molar-refractivity contribution in [1.29, 1.82) is 0 Å². The number of hydrogen-bond donors (Lipinski definition) is 1. The SMILES string of the molecule is CNCc1nnc(C2CCSC2)o1. The Balaban J connectivity index is 2.03. The van der Waals surface area contributed by atoms with Crippen LogP contribution in [0, 0.1) is 0 Å². The van der Waals surface area contributed by atoms with Crippen LogP contribution in [0.15, 0.2) is 4.42 Å². The van der Waals surface area contributed by atoms with E-state index < -0.39 is 0 Å². The zero-order chi connectivity index (χ0) is 9.10. The second-order valence-electron chi connectivity index (χ2n) is 3.12. The highest BCUT2D eigenvalue weighted by Crippen LogP contribution is 2.31. The smallest absolute Gasteiger partial charge is 0.230 e. The van der Waals surface area contributed by atoms with Gasteiger partial charge in [0.25, 0.3) is 0 Å². The summed E-state index contributed by atoms with van der Waals surface area (Å²) in [6.07, 6.45) is 1.17. The van der Waals surface area contributed by atoms with Crippen LogP contribution >= 0.6 is 11.8 Å². The summed E-state index contributed by atoms with van der Waals surface area (Å²) in [7, 11) is 1.87. The molecule has 1 atom stereocenters. The van der Waals surface area contributed by atoms with Crippen molar-refractivity contribution in [2.24, 2.45) is 0 Å². The zero-order valence-electron chi connectivity index (χ0n) is 7.62. The largest absolute Gasteiger partial charge is 0.424 e. The minimum absolute atomic E-state index is 0.489. The molecule has 72 valence electrons. The van der Waals surface area contributed by atoms with E-state index in [1.807, 2.05) is 18.8 Å². The fourth-order valence-electron chi connectivity index (χ4n) is 1.38. The molecule has 0 bridgehead atoms. The summed E-state index contributed by atoms with van der Waals surface area (Å²) in [6.45, 7) is 0.660. The molecule has 1 aromatic heterocycles. The Morgan fingerprint density at radius 3 is 3.23 bits per heavy atom. The maximum Gasteiger partial charge on any atom is 0.230 e. The topological polar surface area (TPSA) is 51.0 Å². The molecule has 0 amide bonds. The molecule has 1 aliphatic rings. The molecule has 0 radical (unpaired) electrons. The van der Waals surface area contributed by atoms with Crippen molar-refractivity contribution < 1.29 is 4.42 Å². The van der Waals surface area contributed by atoms with E-state index in [-0.39, 0.29) is 0 Å². The summed E-state index contributed by atoms with van der Waals surface area (Å²) in [6, 6.07) is 0. The Kier molecular flexibility index (Phi) is 2.85. The van der Waals surface area contributed by atoms with Gasteiger partial charge in [-0.15, -0.1) is 10.2 Å². The van der Waals surface area contributed by atoms with Crippen molar-refractivity contribution in [3.8, 4) is 0 Å². The second kappa shape index (κ2) is 4.11. The van der Waals surface area contributed by atoms with Gasteiger partial charge >= 0.3 is 0 Å². The number of nitrogens with zero attached hydrogens (tertiary/aromatic N) is 2. The molecule has 1 saturated heterocycles. The fraction of sp³-hybridized carbons (Fsp3) is 0.750. The predicted molar refractivity (Wildman–Crippen MR) is 51.7 cm³/mol. The first-order valence-corrected chi connectivity index (χ1v) is 5.60. The molecule has 1 aromatic rings. The van der Waals surface area contributed by atoms with Crippen LogP contribution in [0.3, 0.4) is 0 Å². The summed E-state index contributed by atoms with van der Waals surface area (Å²) in [5, 5.41) is 11.0. The lowest BCUT2D eigenvalue weighted by Gasteiger charge is -1.99. The summed E-state index contributed by atoms with van der Waals surface area (Å²) < 4.78 is 5.51. The molecule has 5 heteroatoms. The molecule has 4 nitrogen and oxygen atoms in total. The quantitative estimate of drug-likeness (QED) is 0.787. The van der Waals surface area contributed by atoms with E-state index in [1.54, 1.807) is 0 Å². The molecule has 1 unspecified atom stereocenters. The van der Waals surface area contributed by atoms with Crippen molar-refractivity contribution in [2.45, 2.75) is 18.9 Å². The molecule has 0 saturated carbocycles. The summed E-state index contributed by atoms with van der Waals surface area (Å²) >= 11 is 1.96. The first-order chi connectivity index (χ1) is 6.40. The highest BCUT2D eigenvalue weighted by molar-refractivity contribution is 7.99. The van der Waals surface area contributed by atoms with Gasteiger partial charge in [-0.3, -0.25) is 0 Å². The van der Waals surface area contributed by atoms with Crippen LogP contribution < -0.4 is 5.32 Å². The van der Waals surface area contributed by atoms with Crippen molar-refractivity contribution in [3.05, 3.63) is 11.8 Å². The molecular weight excluding hydrogens is 186 g/mol. The van der Waals surface area contributed by atoms with Gasteiger partial charge in [-0.05, 0) is 19.2 Å². The summed E-state index contributed by atoms with van der Waals surface area (Å²) in [5.74, 6) is 4.34. The average Bonchev–Trinajstić information content (AvgIpc) is 2.70. The van der Waals surface area contributed by atoms with Crippen LogP contribution in [0.2, 0.25) is 0 Å². The Hall–Kier alpha value is -0.550. The third-order valence-corrected chi connectivity index (χ3v) is 3.25. The van der Waals surface area contributed by atoms with E-state index in [1.165, 1.54) is 12.2 Å². The molecule has 1 aliphatic heterocycles. The van der Waals surface area contributed by atoms with Gasteiger partial charge in [-0.1, -0.05) is 0 Å². The van der Waals surface area contributed by atoms with E-state index in [2.05, 4.69) is 15.5 Å². The standard InChI is InChI=1S/C8H13N3OS/c1-9-4-7-10-11-8(12-7)6-2-3-13-5-6/h6,9H,2-5H2,1H3. The maximum absolute atomic E-state index is 5.51. The van der Waals surface area contributed by atoms with Crippen LogP contribution in [-0.4, -0.2) is 28.8 Å². The maximum atomic E-state index is 5.51.